The number of carbonyl (C=O) groups is 1. The van der Waals surface area contributed by atoms with Crippen LogP contribution in [-0.2, 0) is 4.79 Å². The van der Waals surface area contributed by atoms with Gasteiger partial charge in [0, 0.05) is 5.57 Å². The number of benzene rings is 1. The van der Waals surface area contributed by atoms with Crippen LogP contribution in [0.4, 0.5) is 0 Å². The lowest BCUT2D eigenvalue weighted by molar-refractivity contribution is -0.113. The van der Waals surface area contributed by atoms with Crippen molar-refractivity contribution < 1.29 is 4.79 Å². The molecule has 0 fully saturated rings. The maximum absolute atomic E-state index is 11.7. The molecule has 0 amide bonds. The van der Waals surface area contributed by atoms with Crippen molar-refractivity contribution >= 4 is 11.4 Å². The Balaban J connectivity index is 3.54. The second-order valence-corrected chi connectivity index (χ2v) is 5.85. The summed E-state index contributed by atoms with van der Waals surface area (Å²) in [6.07, 6.45) is 3.73. The topological polar surface area (TPSA) is 64.7 Å². The standard InChI is InChI=1S/C18H18N2O/c1-13(21)17(12-20)16(8-9-18(2,3)4)15-7-5-6-14(10-15)11-19/h5-10H,1-4H3/b9-8+,17-16+. The largest absolute Gasteiger partial charge is 0.294 e. The van der Waals surface area contributed by atoms with Crippen LogP contribution in [0.5, 0.6) is 0 Å². The minimum Gasteiger partial charge on any atom is -0.294 e. The Morgan fingerprint density at radius 2 is 1.90 bits per heavy atom. The van der Waals surface area contributed by atoms with E-state index in [1.165, 1.54) is 6.92 Å². The molecule has 0 aliphatic heterocycles. The molecule has 1 aromatic rings. The van der Waals surface area contributed by atoms with E-state index >= 15 is 0 Å². The molecule has 0 aliphatic rings. The highest BCUT2D eigenvalue weighted by molar-refractivity contribution is 6.06. The Hall–Kier alpha value is -2.65. The predicted molar refractivity (Wildman–Crippen MR) is 83.0 cm³/mol. The van der Waals surface area contributed by atoms with Crippen LogP contribution in [0.15, 0.2) is 42.0 Å². The summed E-state index contributed by atoms with van der Waals surface area (Å²) in [7, 11) is 0. The molecule has 1 aromatic carbocycles. The molecule has 0 spiro atoms. The van der Waals surface area contributed by atoms with Gasteiger partial charge in [0.05, 0.1) is 11.6 Å². The molecule has 0 aliphatic carbocycles. The van der Waals surface area contributed by atoms with Gasteiger partial charge in [-0.05, 0) is 30.0 Å². The molecule has 0 unspecified atom stereocenters. The second-order valence-electron chi connectivity index (χ2n) is 5.85. The van der Waals surface area contributed by atoms with Gasteiger partial charge in [0.15, 0.2) is 5.78 Å². The van der Waals surface area contributed by atoms with Gasteiger partial charge < -0.3 is 0 Å². The Morgan fingerprint density at radius 3 is 2.38 bits per heavy atom. The SMILES string of the molecule is CC(=O)/C(C#N)=C(\C=C\C(C)(C)C)c1cccc(C#N)c1. The first-order valence-corrected chi connectivity index (χ1v) is 6.63. The first kappa shape index (κ1) is 16.4. The molecule has 0 saturated heterocycles. The molecule has 0 atom stereocenters. The smallest absolute Gasteiger partial charge is 0.170 e. The average Bonchev–Trinajstić information content (AvgIpc) is 2.41. The van der Waals surface area contributed by atoms with E-state index in [0.29, 0.717) is 16.7 Å². The zero-order chi connectivity index (χ0) is 16.0. The van der Waals surface area contributed by atoms with E-state index in [4.69, 9.17) is 5.26 Å². The van der Waals surface area contributed by atoms with E-state index in [-0.39, 0.29) is 16.8 Å². The van der Waals surface area contributed by atoms with E-state index in [1.807, 2.05) is 32.9 Å². The third-order valence-electron chi connectivity index (χ3n) is 2.79. The molecule has 0 N–H and O–H groups in total. The lowest BCUT2D eigenvalue weighted by Gasteiger charge is -2.13. The fourth-order valence-corrected chi connectivity index (χ4v) is 1.74. The molecular formula is C18H18N2O. The number of hydrogen-bond acceptors (Lipinski definition) is 3. The normalized spacial score (nSPS) is 12.5. The van der Waals surface area contributed by atoms with E-state index in [2.05, 4.69) is 6.07 Å². The summed E-state index contributed by atoms with van der Waals surface area (Å²) in [5.74, 6) is -0.284. The third-order valence-corrected chi connectivity index (χ3v) is 2.79. The number of hydrogen-bond donors (Lipinski definition) is 0. The van der Waals surface area contributed by atoms with Gasteiger partial charge in [-0.2, -0.15) is 10.5 Å². The van der Waals surface area contributed by atoms with Gasteiger partial charge in [-0.1, -0.05) is 45.1 Å². The molecule has 0 saturated carbocycles. The van der Waals surface area contributed by atoms with Crippen molar-refractivity contribution in [3.05, 3.63) is 53.1 Å². The van der Waals surface area contributed by atoms with Crippen LogP contribution in [0.2, 0.25) is 0 Å². The Kier molecular flexibility index (Phi) is 5.22. The summed E-state index contributed by atoms with van der Waals surface area (Å²) in [4.78, 5) is 11.7. The molecule has 3 heteroatoms. The molecule has 0 heterocycles. The number of carbonyl (C=O) groups excluding carboxylic acids is 1. The number of nitriles is 2. The van der Waals surface area contributed by atoms with Crippen LogP contribution in [0, 0.1) is 28.1 Å². The summed E-state index contributed by atoms with van der Waals surface area (Å²) in [6, 6.07) is 10.9. The summed E-state index contributed by atoms with van der Waals surface area (Å²) < 4.78 is 0. The van der Waals surface area contributed by atoms with E-state index < -0.39 is 0 Å². The average molecular weight is 278 g/mol. The molecule has 0 bridgehead atoms. The molecule has 106 valence electrons. The highest BCUT2D eigenvalue weighted by Crippen LogP contribution is 2.25. The summed E-state index contributed by atoms with van der Waals surface area (Å²) in [5.41, 5.74) is 1.77. The van der Waals surface area contributed by atoms with Gasteiger partial charge in [0.1, 0.15) is 11.6 Å². The van der Waals surface area contributed by atoms with Crippen LogP contribution in [0.1, 0.15) is 38.8 Å². The lowest BCUT2D eigenvalue weighted by Crippen LogP contribution is -2.02. The van der Waals surface area contributed by atoms with Crippen molar-refractivity contribution in [1.29, 1.82) is 10.5 Å². The number of Topliss-reactive ketones (excluding diaryl/α,β-unsaturated/α-hetero) is 1. The first-order valence-electron chi connectivity index (χ1n) is 6.63. The minimum atomic E-state index is -0.284. The van der Waals surface area contributed by atoms with Gasteiger partial charge in [0.25, 0.3) is 0 Å². The number of ketones is 1. The summed E-state index contributed by atoms with van der Waals surface area (Å²) >= 11 is 0. The molecule has 1 rings (SSSR count). The van der Waals surface area contributed by atoms with Crippen molar-refractivity contribution in [1.82, 2.24) is 0 Å². The minimum absolute atomic E-state index is 0.0740. The van der Waals surface area contributed by atoms with Crippen molar-refractivity contribution in [2.75, 3.05) is 0 Å². The monoisotopic (exact) mass is 278 g/mol. The van der Waals surface area contributed by atoms with Gasteiger partial charge in [-0.15, -0.1) is 0 Å². The molecule has 3 nitrogen and oxygen atoms in total. The second kappa shape index (κ2) is 6.68. The fourth-order valence-electron chi connectivity index (χ4n) is 1.74. The maximum atomic E-state index is 11.7. The van der Waals surface area contributed by atoms with Crippen molar-refractivity contribution in [2.45, 2.75) is 27.7 Å². The zero-order valence-corrected chi connectivity index (χ0v) is 12.8. The Morgan fingerprint density at radius 1 is 1.24 bits per heavy atom. The van der Waals surface area contributed by atoms with E-state index in [1.54, 1.807) is 30.3 Å². The van der Waals surface area contributed by atoms with Crippen molar-refractivity contribution in [3.8, 4) is 12.1 Å². The molecular weight excluding hydrogens is 260 g/mol. The third kappa shape index (κ3) is 4.75. The van der Waals surface area contributed by atoms with E-state index in [9.17, 15) is 10.1 Å². The van der Waals surface area contributed by atoms with Gasteiger partial charge >= 0.3 is 0 Å². The summed E-state index contributed by atoms with van der Waals surface area (Å²) in [5, 5.41) is 18.2. The molecule has 21 heavy (non-hydrogen) atoms. The maximum Gasteiger partial charge on any atom is 0.170 e. The van der Waals surface area contributed by atoms with Gasteiger partial charge in [-0.25, -0.2) is 0 Å². The fraction of sp³-hybridized carbons (Fsp3) is 0.278. The number of allylic oxidation sites excluding steroid dienone is 4. The van der Waals surface area contributed by atoms with Gasteiger partial charge in [-0.3, -0.25) is 4.79 Å². The predicted octanol–water partition coefficient (Wildman–Crippen LogP) is 4.03. The van der Waals surface area contributed by atoms with Gasteiger partial charge in [0.2, 0.25) is 0 Å². The van der Waals surface area contributed by atoms with Crippen LogP contribution in [0.3, 0.4) is 0 Å². The highest BCUT2D eigenvalue weighted by Gasteiger charge is 2.13. The Labute approximate surface area is 125 Å². The van der Waals surface area contributed by atoms with Crippen molar-refractivity contribution in [3.63, 3.8) is 0 Å². The lowest BCUT2D eigenvalue weighted by atomic mass is 9.91. The first-order chi connectivity index (χ1) is 9.78. The highest BCUT2D eigenvalue weighted by atomic mass is 16.1. The van der Waals surface area contributed by atoms with Crippen molar-refractivity contribution in [2.24, 2.45) is 5.41 Å². The Bertz CT molecular complexity index is 689. The number of nitrogens with zero attached hydrogens (tertiary/aromatic N) is 2. The number of rotatable bonds is 3. The quantitative estimate of drug-likeness (QED) is 0.476. The van der Waals surface area contributed by atoms with Crippen LogP contribution in [0.25, 0.3) is 5.57 Å². The molecule has 0 aromatic heterocycles. The van der Waals surface area contributed by atoms with Crippen LogP contribution >= 0.6 is 0 Å². The summed E-state index contributed by atoms with van der Waals surface area (Å²) in [6.45, 7) is 7.48. The van der Waals surface area contributed by atoms with Crippen LogP contribution < -0.4 is 0 Å². The van der Waals surface area contributed by atoms with E-state index in [0.717, 1.165) is 0 Å². The van der Waals surface area contributed by atoms with Crippen LogP contribution in [-0.4, -0.2) is 5.78 Å². The zero-order valence-electron chi connectivity index (χ0n) is 12.8. The molecule has 0 radical (unpaired) electrons.